The van der Waals surface area contributed by atoms with Crippen molar-refractivity contribution in [3.63, 3.8) is 0 Å². The van der Waals surface area contributed by atoms with Gasteiger partial charge in [0, 0.05) is 56.3 Å². The molecule has 0 spiro atoms. The predicted molar refractivity (Wildman–Crippen MR) is 123 cm³/mol. The van der Waals surface area contributed by atoms with E-state index < -0.39 is 0 Å². The number of nitrogen functional groups attached to an aromatic ring is 1. The molecule has 0 atom stereocenters. The van der Waals surface area contributed by atoms with Crippen LogP contribution >= 0.6 is 11.6 Å². The summed E-state index contributed by atoms with van der Waals surface area (Å²) in [7, 11) is 0. The van der Waals surface area contributed by atoms with Gasteiger partial charge in [0.25, 0.3) is 5.56 Å². The molecule has 162 valence electrons. The minimum Gasteiger partial charge on any atom is -0.490 e. The zero-order valence-corrected chi connectivity index (χ0v) is 18.3. The van der Waals surface area contributed by atoms with E-state index in [-0.39, 0.29) is 11.7 Å². The SMILES string of the molecule is CCCc1cnc(N2CCC(Oc3ccn(-c4ccc(N)cc4Cl)c(=O)c3)CC2)nc1. The number of halogens is 1. The molecule has 8 heteroatoms. The van der Waals surface area contributed by atoms with Crippen LogP contribution in [-0.4, -0.2) is 33.7 Å². The Morgan fingerprint density at radius 3 is 2.55 bits per heavy atom. The van der Waals surface area contributed by atoms with Crippen LogP contribution in [0.5, 0.6) is 5.75 Å². The van der Waals surface area contributed by atoms with Crippen LogP contribution in [0.4, 0.5) is 11.6 Å². The van der Waals surface area contributed by atoms with E-state index in [4.69, 9.17) is 22.1 Å². The maximum atomic E-state index is 12.6. The summed E-state index contributed by atoms with van der Waals surface area (Å²) in [6.07, 6.45) is 9.32. The van der Waals surface area contributed by atoms with E-state index >= 15 is 0 Å². The fourth-order valence-corrected chi connectivity index (χ4v) is 4.03. The molecule has 0 unspecified atom stereocenters. The van der Waals surface area contributed by atoms with Crippen LogP contribution in [0.15, 0.2) is 53.7 Å². The van der Waals surface area contributed by atoms with Gasteiger partial charge < -0.3 is 15.4 Å². The van der Waals surface area contributed by atoms with Gasteiger partial charge in [0.2, 0.25) is 5.95 Å². The molecule has 2 N–H and O–H groups in total. The van der Waals surface area contributed by atoms with E-state index in [2.05, 4.69) is 21.8 Å². The van der Waals surface area contributed by atoms with Crippen LogP contribution in [0, 0.1) is 0 Å². The minimum absolute atomic E-state index is 0.0472. The average molecular weight is 440 g/mol. The van der Waals surface area contributed by atoms with Crippen molar-refractivity contribution in [3.05, 3.63) is 69.9 Å². The number of pyridine rings is 1. The van der Waals surface area contributed by atoms with Gasteiger partial charge in [-0.2, -0.15) is 0 Å². The van der Waals surface area contributed by atoms with Crippen LogP contribution < -0.4 is 20.9 Å². The summed E-state index contributed by atoms with van der Waals surface area (Å²) in [6.45, 7) is 3.78. The molecule has 0 bridgehead atoms. The molecular weight excluding hydrogens is 414 g/mol. The van der Waals surface area contributed by atoms with Crippen molar-refractivity contribution in [3.8, 4) is 11.4 Å². The maximum absolute atomic E-state index is 12.6. The molecule has 1 aliphatic heterocycles. The number of rotatable bonds is 6. The molecule has 1 saturated heterocycles. The fourth-order valence-electron chi connectivity index (χ4n) is 3.75. The Balaban J connectivity index is 1.37. The van der Waals surface area contributed by atoms with Gasteiger partial charge in [0.15, 0.2) is 0 Å². The molecule has 1 fully saturated rings. The minimum atomic E-state index is -0.206. The normalized spacial score (nSPS) is 14.6. The number of benzene rings is 1. The second-order valence-corrected chi connectivity index (χ2v) is 8.13. The molecule has 0 aliphatic carbocycles. The van der Waals surface area contributed by atoms with Crippen molar-refractivity contribution in [1.82, 2.24) is 14.5 Å². The molecule has 2 aromatic heterocycles. The molecule has 0 radical (unpaired) electrons. The number of aromatic nitrogens is 3. The van der Waals surface area contributed by atoms with Crippen molar-refractivity contribution in [2.24, 2.45) is 0 Å². The number of nitrogens with zero attached hydrogens (tertiary/aromatic N) is 4. The molecular formula is C23H26ClN5O2. The van der Waals surface area contributed by atoms with Gasteiger partial charge in [-0.1, -0.05) is 24.9 Å². The van der Waals surface area contributed by atoms with Crippen molar-refractivity contribution < 1.29 is 4.74 Å². The summed E-state index contributed by atoms with van der Waals surface area (Å²) in [6, 6.07) is 8.35. The quantitative estimate of drug-likeness (QED) is 0.587. The highest BCUT2D eigenvalue weighted by Crippen LogP contribution is 2.24. The first-order valence-corrected chi connectivity index (χ1v) is 10.9. The molecule has 3 aromatic rings. The van der Waals surface area contributed by atoms with Gasteiger partial charge in [0.1, 0.15) is 11.9 Å². The number of hydrogen-bond donors (Lipinski definition) is 1. The Bertz CT molecular complexity index is 1090. The summed E-state index contributed by atoms with van der Waals surface area (Å²) in [5, 5.41) is 0.424. The third-order valence-electron chi connectivity index (χ3n) is 5.38. The Kier molecular flexibility index (Phi) is 6.42. The predicted octanol–water partition coefficient (Wildman–Crippen LogP) is 3.86. The lowest BCUT2D eigenvalue weighted by atomic mass is 10.1. The summed E-state index contributed by atoms with van der Waals surface area (Å²) in [4.78, 5) is 23.8. The van der Waals surface area contributed by atoms with Crippen molar-refractivity contribution >= 4 is 23.2 Å². The number of hydrogen-bond acceptors (Lipinski definition) is 6. The van der Waals surface area contributed by atoms with Gasteiger partial charge in [-0.15, -0.1) is 0 Å². The lowest BCUT2D eigenvalue weighted by molar-refractivity contribution is 0.170. The van der Waals surface area contributed by atoms with Gasteiger partial charge in [0.05, 0.1) is 10.7 Å². The van der Waals surface area contributed by atoms with E-state index in [0.29, 0.717) is 22.1 Å². The number of anilines is 2. The van der Waals surface area contributed by atoms with E-state index in [0.717, 1.165) is 44.7 Å². The third-order valence-corrected chi connectivity index (χ3v) is 5.68. The highest BCUT2D eigenvalue weighted by molar-refractivity contribution is 6.32. The largest absolute Gasteiger partial charge is 0.490 e. The molecule has 31 heavy (non-hydrogen) atoms. The van der Waals surface area contributed by atoms with E-state index in [1.54, 1.807) is 30.5 Å². The zero-order valence-electron chi connectivity index (χ0n) is 17.5. The maximum Gasteiger partial charge on any atom is 0.258 e. The second kappa shape index (κ2) is 9.39. The molecule has 7 nitrogen and oxygen atoms in total. The highest BCUT2D eigenvalue weighted by Gasteiger charge is 2.22. The van der Waals surface area contributed by atoms with Crippen LogP contribution in [0.1, 0.15) is 31.7 Å². The van der Waals surface area contributed by atoms with Crippen LogP contribution in [0.2, 0.25) is 5.02 Å². The highest BCUT2D eigenvalue weighted by atomic mass is 35.5. The molecule has 4 rings (SSSR count). The van der Waals surface area contributed by atoms with Crippen LogP contribution in [0.25, 0.3) is 5.69 Å². The van der Waals surface area contributed by atoms with Crippen molar-refractivity contribution in [2.45, 2.75) is 38.7 Å². The van der Waals surface area contributed by atoms with E-state index in [9.17, 15) is 4.79 Å². The molecule has 0 saturated carbocycles. The first-order valence-electron chi connectivity index (χ1n) is 10.5. The second-order valence-electron chi connectivity index (χ2n) is 7.73. The standard InChI is InChI=1S/C23H26ClN5O2/c1-2-3-16-14-26-23(27-15-16)28-9-6-18(7-10-28)31-19-8-11-29(22(30)13-19)21-5-4-17(25)12-20(21)24/h4-5,8,11-15,18H,2-3,6-7,9-10,25H2,1H3. The number of nitrogens with two attached hydrogens (primary N) is 1. The van der Waals surface area contributed by atoms with Crippen molar-refractivity contribution in [1.29, 1.82) is 0 Å². The topological polar surface area (TPSA) is 86.3 Å². The van der Waals surface area contributed by atoms with Gasteiger partial charge in [-0.05, 0) is 36.2 Å². The first kappa shape index (κ1) is 21.2. The van der Waals surface area contributed by atoms with Gasteiger partial charge in [-0.3, -0.25) is 9.36 Å². The summed E-state index contributed by atoms with van der Waals surface area (Å²) in [5.41, 5.74) is 7.83. The lowest BCUT2D eigenvalue weighted by Crippen LogP contribution is -2.39. The molecule has 3 heterocycles. The smallest absolute Gasteiger partial charge is 0.258 e. The lowest BCUT2D eigenvalue weighted by Gasteiger charge is -2.32. The molecule has 1 aromatic carbocycles. The number of aryl methyl sites for hydroxylation is 1. The van der Waals surface area contributed by atoms with Crippen molar-refractivity contribution in [2.75, 3.05) is 23.7 Å². The number of ether oxygens (including phenoxy) is 1. The molecule has 0 amide bonds. The first-order chi connectivity index (χ1) is 15.0. The molecule has 1 aliphatic rings. The van der Waals surface area contributed by atoms with Gasteiger partial charge in [-0.25, -0.2) is 9.97 Å². The van der Waals surface area contributed by atoms with E-state index in [1.165, 1.54) is 16.2 Å². The third kappa shape index (κ3) is 4.99. The van der Waals surface area contributed by atoms with Crippen LogP contribution in [0.3, 0.4) is 0 Å². The average Bonchev–Trinajstić information content (AvgIpc) is 2.76. The fraction of sp³-hybridized carbons (Fsp3) is 0.348. The Labute approximate surface area is 186 Å². The Morgan fingerprint density at radius 1 is 1.16 bits per heavy atom. The summed E-state index contributed by atoms with van der Waals surface area (Å²) in [5.74, 6) is 1.33. The Morgan fingerprint density at radius 2 is 1.90 bits per heavy atom. The van der Waals surface area contributed by atoms with Crippen LogP contribution in [-0.2, 0) is 6.42 Å². The number of piperidine rings is 1. The zero-order chi connectivity index (χ0) is 21.8. The van der Waals surface area contributed by atoms with E-state index in [1.807, 2.05) is 12.4 Å². The summed E-state index contributed by atoms with van der Waals surface area (Å²) >= 11 is 6.23. The van der Waals surface area contributed by atoms with Gasteiger partial charge >= 0.3 is 0 Å². The Hall–Kier alpha value is -3.06. The monoisotopic (exact) mass is 439 g/mol. The summed E-state index contributed by atoms with van der Waals surface area (Å²) < 4.78 is 7.56.